The van der Waals surface area contributed by atoms with Crippen LogP contribution in [0.4, 0.5) is 4.39 Å². The molecule has 0 radical (unpaired) electrons. The molecule has 0 unspecified atom stereocenters. The highest BCUT2D eigenvalue weighted by Crippen LogP contribution is 2.18. The Morgan fingerprint density at radius 3 is 2.92 bits per heavy atom. The van der Waals surface area contributed by atoms with Crippen molar-refractivity contribution in [3.05, 3.63) is 46.7 Å². The minimum Gasteiger partial charge on any atom is -0.373 e. The lowest BCUT2D eigenvalue weighted by Gasteiger charge is -2.03. The molecule has 1 rings (SSSR count). The van der Waals surface area contributed by atoms with Gasteiger partial charge in [0.05, 0.1) is 13.2 Å². The van der Waals surface area contributed by atoms with Crippen LogP contribution in [0.5, 0.6) is 0 Å². The predicted molar refractivity (Wildman–Crippen MR) is 54.0 cm³/mol. The molecule has 0 aliphatic heterocycles. The van der Waals surface area contributed by atoms with Gasteiger partial charge in [-0.05, 0) is 17.7 Å². The molecule has 0 atom stereocenters. The van der Waals surface area contributed by atoms with E-state index >= 15 is 0 Å². The van der Waals surface area contributed by atoms with Crippen LogP contribution in [-0.4, -0.2) is 6.61 Å². The largest absolute Gasteiger partial charge is 0.373 e. The van der Waals surface area contributed by atoms with Crippen molar-refractivity contribution in [1.29, 1.82) is 0 Å². The van der Waals surface area contributed by atoms with E-state index in [1.807, 2.05) is 0 Å². The molecule has 0 aliphatic rings. The van der Waals surface area contributed by atoms with E-state index in [2.05, 4.69) is 22.5 Å². The minimum absolute atomic E-state index is 0.251. The van der Waals surface area contributed by atoms with Crippen molar-refractivity contribution in [2.45, 2.75) is 6.61 Å². The van der Waals surface area contributed by atoms with Crippen molar-refractivity contribution in [2.75, 3.05) is 6.61 Å². The molecule has 0 heterocycles. The van der Waals surface area contributed by atoms with Gasteiger partial charge in [-0.3, -0.25) is 0 Å². The Bertz CT molecular complexity index is 299. The summed E-state index contributed by atoms with van der Waals surface area (Å²) in [6.07, 6.45) is 1.68. The highest BCUT2D eigenvalue weighted by Gasteiger charge is 2.00. The van der Waals surface area contributed by atoms with Crippen LogP contribution in [0.2, 0.25) is 0 Å². The lowest BCUT2D eigenvalue weighted by molar-refractivity contribution is 0.148. The van der Waals surface area contributed by atoms with E-state index in [1.165, 1.54) is 12.1 Å². The van der Waals surface area contributed by atoms with Gasteiger partial charge in [-0.25, -0.2) is 4.39 Å². The highest BCUT2D eigenvalue weighted by atomic mass is 79.9. The summed E-state index contributed by atoms with van der Waals surface area (Å²) >= 11 is 3.25. The number of ether oxygens (including phenoxy) is 1. The number of rotatable bonds is 4. The van der Waals surface area contributed by atoms with Crippen molar-refractivity contribution < 1.29 is 9.13 Å². The second-order valence-corrected chi connectivity index (χ2v) is 3.39. The molecule has 0 saturated heterocycles. The lowest BCUT2D eigenvalue weighted by Crippen LogP contribution is -1.93. The molecule has 1 nitrogen and oxygen atoms in total. The number of benzene rings is 1. The molecule has 3 heteroatoms. The van der Waals surface area contributed by atoms with E-state index in [9.17, 15) is 4.39 Å². The minimum atomic E-state index is -0.251. The summed E-state index contributed by atoms with van der Waals surface area (Å²) in [7, 11) is 0. The lowest BCUT2D eigenvalue weighted by atomic mass is 10.2. The van der Waals surface area contributed by atoms with Gasteiger partial charge in [-0.2, -0.15) is 0 Å². The Morgan fingerprint density at radius 1 is 1.54 bits per heavy atom. The fourth-order valence-electron chi connectivity index (χ4n) is 0.891. The average molecular weight is 245 g/mol. The molecule has 70 valence electrons. The SMILES string of the molecule is C=CCOCc1ccc(F)cc1Br. The Balaban J connectivity index is 2.61. The van der Waals surface area contributed by atoms with Crippen molar-refractivity contribution in [2.24, 2.45) is 0 Å². The maximum atomic E-state index is 12.6. The topological polar surface area (TPSA) is 9.23 Å². The van der Waals surface area contributed by atoms with E-state index < -0.39 is 0 Å². The quantitative estimate of drug-likeness (QED) is 0.584. The molecule has 13 heavy (non-hydrogen) atoms. The molecule has 0 fully saturated rings. The maximum Gasteiger partial charge on any atom is 0.124 e. The fourth-order valence-corrected chi connectivity index (χ4v) is 1.36. The monoisotopic (exact) mass is 244 g/mol. The van der Waals surface area contributed by atoms with Crippen LogP contribution in [-0.2, 0) is 11.3 Å². The first-order valence-corrected chi connectivity index (χ1v) is 4.66. The van der Waals surface area contributed by atoms with E-state index in [1.54, 1.807) is 12.1 Å². The molecule has 1 aromatic rings. The zero-order valence-electron chi connectivity index (χ0n) is 7.09. The predicted octanol–water partition coefficient (Wildman–Crippen LogP) is 3.29. The normalized spacial score (nSPS) is 10.0. The van der Waals surface area contributed by atoms with Crippen LogP contribution in [0.25, 0.3) is 0 Å². The van der Waals surface area contributed by atoms with Crippen LogP contribution in [0, 0.1) is 5.82 Å². The first-order chi connectivity index (χ1) is 6.24. The third-order valence-corrected chi connectivity index (χ3v) is 2.25. The van der Waals surface area contributed by atoms with E-state index in [0.29, 0.717) is 13.2 Å². The smallest absolute Gasteiger partial charge is 0.124 e. The van der Waals surface area contributed by atoms with Gasteiger partial charge in [0, 0.05) is 4.47 Å². The van der Waals surface area contributed by atoms with Gasteiger partial charge in [-0.15, -0.1) is 6.58 Å². The summed E-state index contributed by atoms with van der Waals surface area (Å²) in [5.74, 6) is -0.251. The highest BCUT2D eigenvalue weighted by molar-refractivity contribution is 9.10. The molecule has 0 aromatic heterocycles. The second-order valence-electron chi connectivity index (χ2n) is 2.54. The van der Waals surface area contributed by atoms with E-state index in [4.69, 9.17) is 4.74 Å². The second kappa shape index (κ2) is 5.14. The van der Waals surface area contributed by atoms with Crippen molar-refractivity contribution >= 4 is 15.9 Å². The zero-order valence-corrected chi connectivity index (χ0v) is 8.68. The zero-order chi connectivity index (χ0) is 9.68. The molecular weight excluding hydrogens is 235 g/mol. The van der Waals surface area contributed by atoms with Crippen LogP contribution >= 0.6 is 15.9 Å². The summed E-state index contributed by atoms with van der Waals surface area (Å²) < 4.78 is 18.6. The van der Waals surface area contributed by atoms with Gasteiger partial charge >= 0.3 is 0 Å². The third kappa shape index (κ3) is 3.28. The maximum absolute atomic E-state index is 12.6. The molecule has 0 bridgehead atoms. The van der Waals surface area contributed by atoms with Crippen LogP contribution in [0.15, 0.2) is 35.3 Å². The Morgan fingerprint density at radius 2 is 2.31 bits per heavy atom. The van der Waals surface area contributed by atoms with Gasteiger partial charge < -0.3 is 4.74 Å². The Kier molecular flexibility index (Phi) is 4.12. The molecule has 0 aliphatic carbocycles. The summed E-state index contributed by atoms with van der Waals surface area (Å²) in [6, 6.07) is 4.53. The van der Waals surface area contributed by atoms with Gasteiger partial charge in [0.2, 0.25) is 0 Å². The summed E-state index contributed by atoms with van der Waals surface area (Å²) in [5, 5.41) is 0. The van der Waals surface area contributed by atoms with E-state index in [-0.39, 0.29) is 5.82 Å². The van der Waals surface area contributed by atoms with Crippen molar-refractivity contribution in [3.63, 3.8) is 0 Å². The number of hydrogen-bond donors (Lipinski definition) is 0. The number of hydrogen-bond acceptors (Lipinski definition) is 1. The first kappa shape index (κ1) is 10.4. The van der Waals surface area contributed by atoms with Crippen molar-refractivity contribution in [3.8, 4) is 0 Å². The standard InChI is InChI=1S/C10H10BrFO/c1-2-5-13-7-8-3-4-9(12)6-10(8)11/h2-4,6H,1,5,7H2. The number of halogens is 2. The molecule has 1 aromatic carbocycles. The van der Waals surface area contributed by atoms with Gasteiger partial charge in [0.25, 0.3) is 0 Å². The van der Waals surface area contributed by atoms with Crippen LogP contribution in [0.1, 0.15) is 5.56 Å². The van der Waals surface area contributed by atoms with Crippen molar-refractivity contribution in [1.82, 2.24) is 0 Å². The van der Waals surface area contributed by atoms with Gasteiger partial charge in [0.1, 0.15) is 5.82 Å². The van der Waals surface area contributed by atoms with Gasteiger partial charge in [-0.1, -0.05) is 28.1 Å². The Hall–Kier alpha value is -0.670. The van der Waals surface area contributed by atoms with Crippen LogP contribution in [0.3, 0.4) is 0 Å². The van der Waals surface area contributed by atoms with Crippen LogP contribution < -0.4 is 0 Å². The summed E-state index contributed by atoms with van der Waals surface area (Å²) in [4.78, 5) is 0. The molecule has 0 amide bonds. The summed E-state index contributed by atoms with van der Waals surface area (Å²) in [6.45, 7) is 4.50. The van der Waals surface area contributed by atoms with E-state index in [0.717, 1.165) is 10.0 Å². The average Bonchev–Trinajstić information content (AvgIpc) is 2.09. The first-order valence-electron chi connectivity index (χ1n) is 3.86. The molecule has 0 saturated carbocycles. The third-order valence-electron chi connectivity index (χ3n) is 1.51. The fraction of sp³-hybridized carbons (Fsp3) is 0.200. The molecular formula is C10H10BrFO. The molecule has 0 N–H and O–H groups in total. The molecule has 0 spiro atoms. The van der Waals surface area contributed by atoms with Gasteiger partial charge in [0.15, 0.2) is 0 Å². The Labute approximate surface area is 85.3 Å². The summed E-state index contributed by atoms with van der Waals surface area (Å²) in [5.41, 5.74) is 0.934.